The van der Waals surface area contributed by atoms with Crippen molar-refractivity contribution in [1.82, 2.24) is 0 Å². The van der Waals surface area contributed by atoms with Crippen LogP contribution in [0, 0.1) is 5.21 Å². The molecule has 0 atom stereocenters. The third kappa shape index (κ3) is 3.36. The Kier molecular flexibility index (Phi) is 4.43. The van der Waals surface area contributed by atoms with Gasteiger partial charge in [-0.15, -0.1) is 0 Å². The van der Waals surface area contributed by atoms with Gasteiger partial charge in [-0.05, 0) is 19.8 Å². The highest BCUT2D eigenvalue weighted by atomic mass is 16.5. The van der Waals surface area contributed by atoms with Crippen molar-refractivity contribution in [1.29, 1.82) is 0 Å². The molecule has 1 aliphatic carbocycles. The van der Waals surface area contributed by atoms with Gasteiger partial charge < -0.3 is 9.94 Å². The van der Waals surface area contributed by atoms with Gasteiger partial charge in [-0.25, -0.2) is 9.53 Å². The van der Waals surface area contributed by atoms with E-state index in [-0.39, 0.29) is 6.04 Å². The van der Waals surface area contributed by atoms with Crippen molar-refractivity contribution < 1.29 is 14.3 Å². The Hall–Kier alpha value is -1.06. The first kappa shape index (κ1) is 11.0. The lowest BCUT2D eigenvalue weighted by Gasteiger charge is -2.20. The summed E-state index contributed by atoms with van der Waals surface area (Å²) in [5.74, 6) is -0.534. The SMILES string of the molecule is CCOC(=O)C=[N+]([O-])C1CCCCC1. The largest absolute Gasteiger partial charge is 0.623 e. The molecule has 0 aromatic heterocycles. The van der Waals surface area contributed by atoms with Gasteiger partial charge in [0.15, 0.2) is 6.04 Å². The molecule has 0 aromatic rings. The predicted octanol–water partition coefficient (Wildman–Crippen LogP) is 1.46. The van der Waals surface area contributed by atoms with Crippen molar-refractivity contribution >= 4 is 12.2 Å². The zero-order valence-corrected chi connectivity index (χ0v) is 8.57. The van der Waals surface area contributed by atoms with E-state index in [0.717, 1.165) is 36.6 Å². The van der Waals surface area contributed by atoms with Gasteiger partial charge in [-0.1, -0.05) is 6.42 Å². The van der Waals surface area contributed by atoms with Gasteiger partial charge >= 0.3 is 5.97 Å². The first-order valence-electron chi connectivity index (χ1n) is 5.21. The molecule has 0 saturated heterocycles. The zero-order valence-electron chi connectivity index (χ0n) is 8.57. The standard InChI is InChI=1S/C10H17NO3/c1-2-14-10(12)8-11(13)9-6-4-3-5-7-9/h8-9H,2-7H2,1H3. The van der Waals surface area contributed by atoms with Crippen molar-refractivity contribution in [2.75, 3.05) is 6.61 Å². The first-order chi connectivity index (χ1) is 6.74. The highest BCUT2D eigenvalue weighted by Crippen LogP contribution is 2.19. The van der Waals surface area contributed by atoms with Gasteiger partial charge in [0.1, 0.15) is 0 Å². The Balaban J connectivity index is 2.44. The van der Waals surface area contributed by atoms with Crippen LogP contribution in [-0.4, -0.2) is 29.6 Å². The van der Waals surface area contributed by atoms with Crippen molar-refractivity contribution in [3.8, 4) is 0 Å². The van der Waals surface area contributed by atoms with E-state index in [1.54, 1.807) is 6.92 Å². The molecule has 0 unspecified atom stereocenters. The summed E-state index contributed by atoms with van der Waals surface area (Å²) < 4.78 is 5.43. The Bertz CT molecular complexity index is 219. The smallest absolute Gasteiger partial charge is 0.396 e. The molecule has 0 heterocycles. The summed E-state index contributed by atoms with van der Waals surface area (Å²) in [5, 5.41) is 11.4. The number of esters is 1. The third-order valence-corrected chi connectivity index (χ3v) is 2.45. The van der Waals surface area contributed by atoms with Crippen LogP contribution in [0.1, 0.15) is 39.0 Å². The van der Waals surface area contributed by atoms with Crippen molar-refractivity contribution in [2.45, 2.75) is 45.1 Å². The monoisotopic (exact) mass is 199 g/mol. The summed E-state index contributed by atoms with van der Waals surface area (Å²) >= 11 is 0. The van der Waals surface area contributed by atoms with Crippen LogP contribution in [0.5, 0.6) is 0 Å². The molecule has 1 fully saturated rings. The van der Waals surface area contributed by atoms with Crippen LogP contribution >= 0.6 is 0 Å². The lowest BCUT2D eigenvalue weighted by atomic mass is 9.96. The van der Waals surface area contributed by atoms with Crippen LogP contribution in [0.2, 0.25) is 0 Å². The maximum Gasteiger partial charge on any atom is 0.396 e. The minimum Gasteiger partial charge on any atom is -0.623 e. The highest BCUT2D eigenvalue weighted by molar-refractivity contribution is 6.20. The van der Waals surface area contributed by atoms with E-state index < -0.39 is 5.97 Å². The van der Waals surface area contributed by atoms with E-state index in [2.05, 4.69) is 4.74 Å². The van der Waals surface area contributed by atoms with Crippen molar-refractivity contribution in [3.63, 3.8) is 0 Å². The second kappa shape index (κ2) is 5.62. The summed E-state index contributed by atoms with van der Waals surface area (Å²) in [5.41, 5.74) is 0. The van der Waals surface area contributed by atoms with Crippen molar-refractivity contribution in [3.05, 3.63) is 5.21 Å². The zero-order chi connectivity index (χ0) is 10.4. The van der Waals surface area contributed by atoms with Gasteiger partial charge in [-0.2, -0.15) is 0 Å². The van der Waals surface area contributed by atoms with Crippen LogP contribution < -0.4 is 0 Å². The maximum absolute atomic E-state index is 11.4. The lowest BCUT2D eigenvalue weighted by molar-refractivity contribution is -0.500. The van der Waals surface area contributed by atoms with E-state index in [9.17, 15) is 10.0 Å². The van der Waals surface area contributed by atoms with E-state index in [1.165, 1.54) is 6.42 Å². The Morgan fingerprint density at radius 1 is 1.50 bits per heavy atom. The summed E-state index contributed by atoms with van der Waals surface area (Å²) in [6.07, 6.45) is 6.17. The van der Waals surface area contributed by atoms with Crippen LogP contribution in [0.15, 0.2) is 0 Å². The number of carbonyl (C=O) groups is 1. The fourth-order valence-electron chi connectivity index (χ4n) is 1.72. The van der Waals surface area contributed by atoms with Gasteiger partial charge in [0.2, 0.25) is 0 Å². The molecule has 1 saturated carbocycles. The number of hydrogen-bond acceptors (Lipinski definition) is 3. The molecule has 0 N–H and O–H groups in total. The fourth-order valence-corrected chi connectivity index (χ4v) is 1.72. The average Bonchev–Trinajstić information content (AvgIpc) is 2.19. The van der Waals surface area contributed by atoms with Crippen LogP contribution in [0.3, 0.4) is 0 Å². The average molecular weight is 199 g/mol. The molecule has 0 amide bonds. The van der Waals surface area contributed by atoms with E-state index in [1.807, 2.05) is 0 Å². The topological polar surface area (TPSA) is 52.4 Å². The predicted molar refractivity (Wildman–Crippen MR) is 53.2 cm³/mol. The van der Waals surface area contributed by atoms with Gasteiger partial charge in [0, 0.05) is 12.8 Å². The van der Waals surface area contributed by atoms with Gasteiger partial charge in [0.05, 0.1) is 6.61 Å². The molecular formula is C10H17NO3. The minimum atomic E-state index is -0.534. The molecule has 14 heavy (non-hydrogen) atoms. The molecule has 4 nitrogen and oxygen atoms in total. The maximum atomic E-state index is 11.4. The van der Waals surface area contributed by atoms with Crippen LogP contribution in [0.4, 0.5) is 0 Å². The lowest BCUT2D eigenvalue weighted by Crippen LogP contribution is -2.27. The second-order valence-electron chi connectivity index (χ2n) is 3.53. The molecule has 4 heteroatoms. The summed E-state index contributed by atoms with van der Waals surface area (Å²) in [4.78, 5) is 11.0. The second-order valence-corrected chi connectivity index (χ2v) is 3.53. The number of nitrogens with zero attached hydrogens (tertiary/aromatic N) is 1. The molecule has 1 rings (SSSR count). The van der Waals surface area contributed by atoms with Crippen LogP contribution in [-0.2, 0) is 9.53 Å². The Morgan fingerprint density at radius 2 is 2.14 bits per heavy atom. The first-order valence-corrected chi connectivity index (χ1v) is 5.21. The highest BCUT2D eigenvalue weighted by Gasteiger charge is 2.20. The van der Waals surface area contributed by atoms with E-state index in [0.29, 0.717) is 6.61 Å². The molecule has 0 aliphatic heterocycles. The summed E-state index contributed by atoms with van der Waals surface area (Å²) in [6, 6.07) is -0.0202. The third-order valence-electron chi connectivity index (χ3n) is 2.45. The van der Waals surface area contributed by atoms with E-state index in [4.69, 9.17) is 0 Å². The Morgan fingerprint density at radius 3 is 2.71 bits per heavy atom. The molecule has 0 aromatic carbocycles. The fraction of sp³-hybridized carbons (Fsp3) is 0.800. The Labute approximate surface area is 84.1 Å². The van der Waals surface area contributed by atoms with E-state index >= 15 is 0 Å². The summed E-state index contributed by atoms with van der Waals surface area (Å²) in [6.45, 7) is 2.04. The molecular weight excluding hydrogens is 182 g/mol. The molecule has 1 aliphatic rings. The molecule has 80 valence electrons. The number of hydrogen-bond donors (Lipinski definition) is 0. The quantitative estimate of drug-likeness (QED) is 0.227. The molecule has 0 bridgehead atoms. The number of ether oxygens (including phenoxy) is 1. The van der Waals surface area contributed by atoms with Gasteiger partial charge in [-0.3, -0.25) is 0 Å². The number of rotatable bonds is 3. The van der Waals surface area contributed by atoms with Gasteiger partial charge in [0.25, 0.3) is 6.21 Å². The number of hydroxylamine groups is 1. The normalized spacial score (nSPS) is 19.4. The van der Waals surface area contributed by atoms with Crippen molar-refractivity contribution in [2.24, 2.45) is 0 Å². The minimum absolute atomic E-state index is 0.0202. The molecule has 0 spiro atoms. The summed E-state index contributed by atoms with van der Waals surface area (Å²) in [7, 11) is 0. The number of carbonyl (C=O) groups excluding carboxylic acids is 1. The van der Waals surface area contributed by atoms with Crippen LogP contribution in [0.25, 0.3) is 0 Å². The molecule has 0 radical (unpaired) electrons.